The van der Waals surface area contributed by atoms with E-state index in [1.54, 1.807) is 18.2 Å². The van der Waals surface area contributed by atoms with Gasteiger partial charge in [-0.1, -0.05) is 0 Å². The number of benzene rings is 2. The van der Waals surface area contributed by atoms with Crippen molar-refractivity contribution in [3.8, 4) is 11.3 Å². The van der Waals surface area contributed by atoms with Crippen LogP contribution in [0.25, 0.3) is 11.3 Å². The molecule has 0 unspecified atom stereocenters. The van der Waals surface area contributed by atoms with Gasteiger partial charge in [-0.15, -0.1) is 0 Å². The minimum atomic E-state index is -1.04. The van der Waals surface area contributed by atoms with Gasteiger partial charge in [0.2, 0.25) is 0 Å². The van der Waals surface area contributed by atoms with E-state index < -0.39 is 17.5 Å². The SMILES string of the molecule is O=C(Nc1ccc(F)c(F)c1)c1cc(-c2ccc(F)cc2)ns1. The van der Waals surface area contributed by atoms with Crippen LogP contribution in [0.15, 0.2) is 48.5 Å². The third kappa shape index (κ3) is 3.40. The normalized spacial score (nSPS) is 10.6. The molecule has 0 bridgehead atoms. The summed E-state index contributed by atoms with van der Waals surface area (Å²) in [7, 11) is 0. The van der Waals surface area contributed by atoms with Gasteiger partial charge in [0.1, 0.15) is 10.7 Å². The minimum Gasteiger partial charge on any atom is -0.321 e. The van der Waals surface area contributed by atoms with Crippen LogP contribution in [0.2, 0.25) is 0 Å². The smallest absolute Gasteiger partial charge is 0.267 e. The zero-order valence-corrected chi connectivity index (χ0v) is 12.3. The standard InChI is InChI=1S/C16H9F3N2OS/c17-10-3-1-9(2-4-10)14-8-15(23-21-14)16(22)20-11-5-6-12(18)13(19)7-11/h1-8H,(H,20,22). The Kier molecular flexibility index (Phi) is 4.12. The van der Waals surface area contributed by atoms with Crippen LogP contribution in [0.3, 0.4) is 0 Å². The molecular weight excluding hydrogens is 325 g/mol. The van der Waals surface area contributed by atoms with Gasteiger partial charge in [0.05, 0.1) is 5.69 Å². The largest absolute Gasteiger partial charge is 0.321 e. The molecular formula is C16H9F3N2OS. The molecule has 1 aromatic heterocycles. The third-order valence-corrected chi connectivity index (χ3v) is 3.84. The van der Waals surface area contributed by atoms with Gasteiger partial charge in [-0.05, 0) is 54.0 Å². The van der Waals surface area contributed by atoms with Crippen LogP contribution in [-0.4, -0.2) is 10.3 Å². The molecule has 0 aliphatic rings. The molecule has 0 aliphatic heterocycles. The van der Waals surface area contributed by atoms with Crippen LogP contribution < -0.4 is 5.32 Å². The molecule has 3 aromatic rings. The van der Waals surface area contributed by atoms with E-state index >= 15 is 0 Å². The number of amides is 1. The monoisotopic (exact) mass is 334 g/mol. The average molecular weight is 334 g/mol. The molecule has 1 amide bonds. The van der Waals surface area contributed by atoms with Gasteiger partial charge >= 0.3 is 0 Å². The molecule has 0 atom stereocenters. The molecule has 116 valence electrons. The number of carbonyl (C=O) groups is 1. The minimum absolute atomic E-state index is 0.144. The Morgan fingerprint density at radius 2 is 1.70 bits per heavy atom. The van der Waals surface area contributed by atoms with Crippen molar-refractivity contribution in [2.24, 2.45) is 0 Å². The van der Waals surface area contributed by atoms with Crippen LogP contribution in [-0.2, 0) is 0 Å². The van der Waals surface area contributed by atoms with Gasteiger partial charge in [-0.2, -0.15) is 4.37 Å². The van der Waals surface area contributed by atoms with E-state index in [0.29, 0.717) is 16.1 Å². The fourth-order valence-electron chi connectivity index (χ4n) is 1.91. The molecule has 1 heterocycles. The van der Waals surface area contributed by atoms with E-state index in [1.807, 2.05) is 0 Å². The van der Waals surface area contributed by atoms with Crippen molar-refractivity contribution in [3.05, 3.63) is 70.9 Å². The molecule has 0 fully saturated rings. The van der Waals surface area contributed by atoms with E-state index in [-0.39, 0.29) is 11.5 Å². The molecule has 0 saturated carbocycles. The van der Waals surface area contributed by atoms with Gasteiger partial charge in [0, 0.05) is 17.3 Å². The first-order valence-electron chi connectivity index (χ1n) is 6.52. The average Bonchev–Trinajstić information content (AvgIpc) is 3.02. The Hall–Kier alpha value is -2.67. The van der Waals surface area contributed by atoms with Crippen molar-refractivity contribution in [3.63, 3.8) is 0 Å². The Labute approximate surface area is 133 Å². The Bertz CT molecular complexity index is 862. The lowest BCUT2D eigenvalue weighted by atomic mass is 10.1. The number of hydrogen-bond donors (Lipinski definition) is 1. The van der Waals surface area contributed by atoms with Gasteiger partial charge in [-0.25, -0.2) is 13.2 Å². The van der Waals surface area contributed by atoms with Crippen molar-refractivity contribution in [1.29, 1.82) is 0 Å². The molecule has 0 saturated heterocycles. The molecule has 3 rings (SSSR count). The maximum absolute atomic E-state index is 13.1. The van der Waals surface area contributed by atoms with Crippen LogP contribution >= 0.6 is 11.5 Å². The van der Waals surface area contributed by atoms with E-state index in [0.717, 1.165) is 23.7 Å². The Balaban J connectivity index is 1.78. The van der Waals surface area contributed by atoms with Crippen LogP contribution in [0.1, 0.15) is 9.67 Å². The lowest BCUT2D eigenvalue weighted by Gasteiger charge is -2.03. The van der Waals surface area contributed by atoms with Gasteiger partial charge in [0.25, 0.3) is 5.91 Å². The first-order chi connectivity index (χ1) is 11.0. The molecule has 23 heavy (non-hydrogen) atoms. The van der Waals surface area contributed by atoms with Crippen molar-refractivity contribution >= 4 is 23.1 Å². The molecule has 2 aromatic carbocycles. The number of nitrogens with one attached hydrogen (secondary N) is 1. The highest BCUT2D eigenvalue weighted by molar-refractivity contribution is 7.08. The molecule has 0 aliphatic carbocycles. The van der Waals surface area contributed by atoms with E-state index in [1.165, 1.54) is 18.2 Å². The summed E-state index contributed by atoms with van der Waals surface area (Å²) >= 11 is 0.960. The van der Waals surface area contributed by atoms with Crippen molar-refractivity contribution in [2.75, 3.05) is 5.32 Å². The lowest BCUT2D eigenvalue weighted by molar-refractivity contribution is 0.103. The van der Waals surface area contributed by atoms with Gasteiger partial charge in [-0.3, -0.25) is 4.79 Å². The zero-order chi connectivity index (χ0) is 16.4. The van der Waals surface area contributed by atoms with Gasteiger partial charge in [0.15, 0.2) is 11.6 Å². The van der Waals surface area contributed by atoms with Crippen molar-refractivity contribution in [1.82, 2.24) is 4.37 Å². The number of rotatable bonds is 3. The summed E-state index contributed by atoms with van der Waals surface area (Å²) in [4.78, 5) is 12.4. The summed E-state index contributed by atoms with van der Waals surface area (Å²) < 4.78 is 43.0. The van der Waals surface area contributed by atoms with Crippen molar-refractivity contribution < 1.29 is 18.0 Å². The first-order valence-corrected chi connectivity index (χ1v) is 7.29. The number of carbonyl (C=O) groups excluding carboxylic acids is 1. The number of aromatic nitrogens is 1. The summed E-state index contributed by atoms with van der Waals surface area (Å²) in [6.07, 6.45) is 0. The maximum atomic E-state index is 13.1. The lowest BCUT2D eigenvalue weighted by Crippen LogP contribution is -2.10. The van der Waals surface area contributed by atoms with Gasteiger partial charge < -0.3 is 5.32 Å². The second-order valence-corrected chi connectivity index (χ2v) is 5.47. The number of nitrogens with zero attached hydrogens (tertiary/aromatic N) is 1. The van der Waals surface area contributed by atoms with E-state index in [9.17, 15) is 18.0 Å². The molecule has 3 nitrogen and oxygen atoms in total. The fourth-order valence-corrected chi connectivity index (χ4v) is 2.56. The number of halogens is 3. The summed E-state index contributed by atoms with van der Waals surface area (Å²) in [6, 6.07) is 10.4. The molecule has 7 heteroatoms. The number of hydrogen-bond acceptors (Lipinski definition) is 3. The topological polar surface area (TPSA) is 42.0 Å². The Morgan fingerprint density at radius 3 is 2.39 bits per heavy atom. The first kappa shape index (κ1) is 15.2. The van der Waals surface area contributed by atoms with Crippen LogP contribution in [0.4, 0.5) is 18.9 Å². The van der Waals surface area contributed by atoms with Crippen LogP contribution in [0, 0.1) is 17.5 Å². The predicted octanol–water partition coefficient (Wildman–Crippen LogP) is 4.48. The molecule has 0 radical (unpaired) electrons. The summed E-state index contributed by atoms with van der Waals surface area (Å²) in [6.45, 7) is 0. The van der Waals surface area contributed by atoms with Crippen molar-refractivity contribution in [2.45, 2.75) is 0 Å². The van der Waals surface area contributed by atoms with Crippen LogP contribution in [0.5, 0.6) is 0 Å². The fraction of sp³-hybridized carbons (Fsp3) is 0. The Morgan fingerprint density at radius 1 is 0.957 bits per heavy atom. The van der Waals surface area contributed by atoms with E-state index in [4.69, 9.17) is 0 Å². The second kappa shape index (κ2) is 6.21. The highest BCUT2D eigenvalue weighted by Gasteiger charge is 2.13. The second-order valence-electron chi connectivity index (χ2n) is 4.67. The summed E-state index contributed by atoms with van der Waals surface area (Å²) in [5, 5.41) is 2.46. The quantitative estimate of drug-likeness (QED) is 0.767. The third-order valence-electron chi connectivity index (χ3n) is 3.05. The highest BCUT2D eigenvalue weighted by Crippen LogP contribution is 2.23. The maximum Gasteiger partial charge on any atom is 0.267 e. The number of anilines is 1. The summed E-state index contributed by atoms with van der Waals surface area (Å²) in [5.74, 6) is -2.87. The zero-order valence-electron chi connectivity index (χ0n) is 11.5. The molecule has 0 spiro atoms. The highest BCUT2D eigenvalue weighted by atomic mass is 32.1. The predicted molar refractivity (Wildman–Crippen MR) is 81.8 cm³/mol. The molecule has 1 N–H and O–H groups in total. The van der Waals surface area contributed by atoms with E-state index in [2.05, 4.69) is 9.69 Å². The summed E-state index contributed by atoms with van der Waals surface area (Å²) in [5.41, 5.74) is 1.35.